The van der Waals surface area contributed by atoms with E-state index in [1.54, 1.807) is 12.3 Å². The Morgan fingerprint density at radius 3 is 2.89 bits per heavy atom. The largest absolute Gasteiger partial charge is 0.494 e. The lowest BCUT2D eigenvalue weighted by Gasteiger charge is -2.12. The summed E-state index contributed by atoms with van der Waals surface area (Å²) in [5, 5.41) is 0.890. The lowest BCUT2D eigenvalue weighted by atomic mass is 10.0. The summed E-state index contributed by atoms with van der Waals surface area (Å²) in [4.78, 5) is 4.28. The first kappa shape index (κ1) is 13.0. The quantitative estimate of drug-likeness (QED) is 0.781. The first-order valence-corrected chi connectivity index (χ1v) is 6.41. The van der Waals surface area contributed by atoms with Gasteiger partial charge >= 0.3 is 0 Å². The number of hydrogen-bond donors (Lipinski definition) is 0. The molecule has 0 aliphatic carbocycles. The highest BCUT2D eigenvalue weighted by Gasteiger charge is 2.12. The zero-order chi connectivity index (χ0) is 13.3. The minimum atomic E-state index is -0.314. The number of pyridine rings is 1. The molecule has 4 heteroatoms. The van der Waals surface area contributed by atoms with E-state index in [1.807, 2.05) is 13.8 Å². The second-order valence-electron chi connectivity index (χ2n) is 3.91. The lowest BCUT2D eigenvalue weighted by Crippen LogP contribution is -1.97. The van der Waals surface area contributed by atoms with Gasteiger partial charge in [0.25, 0.3) is 0 Å². The van der Waals surface area contributed by atoms with Gasteiger partial charge in [0.05, 0.1) is 16.6 Å². The van der Waals surface area contributed by atoms with Gasteiger partial charge < -0.3 is 4.74 Å². The minimum absolute atomic E-state index is 0.314. The molecule has 0 bridgehead atoms. The molecule has 18 heavy (non-hydrogen) atoms. The van der Waals surface area contributed by atoms with Crippen LogP contribution in [0.1, 0.15) is 18.1 Å². The van der Waals surface area contributed by atoms with E-state index in [-0.39, 0.29) is 5.82 Å². The molecule has 0 saturated heterocycles. The van der Waals surface area contributed by atoms with E-state index < -0.39 is 0 Å². The van der Waals surface area contributed by atoms with Gasteiger partial charge in [-0.1, -0.05) is 6.58 Å². The molecule has 0 saturated carbocycles. The van der Waals surface area contributed by atoms with Crippen LogP contribution in [0.4, 0.5) is 4.39 Å². The molecule has 1 aromatic carbocycles. The molecule has 0 aliphatic rings. The van der Waals surface area contributed by atoms with Crippen LogP contribution in [0.5, 0.6) is 0 Å². The van der Waals surface area contributed by atoms with Crippen molar-refractivity contribution in [2.75, 3.05) is 6.61 Å². The van der Waals surface area contributed by atoms with E-state index in [0.717, 1.165) is 16.5 Å². The Labute approximate surface area is 114 Å². The van der Waals surface area contributed by atoms with Crippen LogP contribution in [0, 0.1) is 12.7 Å². The van der Waals surface area contributed by atoms with Gasteiger partial charge in [-0.3, -0.25) is 4.98 Å². The standard InChI is InChI=1S/C14H13BrFNO/c1-4-18-9(3)11-7-17-14-10(8(11)2)5-6-12(16)13(14)15/h5-7H,3-4H2,1-2H3. The zero-order valence-corrected chi connectivity index (χ0v) is 11.8. The van der Waals surface area contributed by atoms with Gasteiger partial charge in [-0.25, -0.2) is 4.39 Å². The van der Waals surface area contributed by atoms with E-state index in [9.17, 15) is 4.39 Å². The van der Waals surface area contributed by atoms with Gasteiger partial charge in [-0.2, -0.15) is 0 Å². The summed E-state index contributed by atoms with van der Waals surface area (Å²) in [6, 6.07) is 3.15. The number of nitrogens with zero attached hydrogens (tertiary/aromatic N) is 1. The molecule has 0 unspecified atom stereocenters. The van der Waals surface area contributed by atoms with Gasteiger partial charge in [0.1, 0.15) is 11.6 Å². The normalized spacial score (nSPS) is 10.7. The van der Waals surface area contributed by atoms with Crippen LogP contribution >= 0.6 is 15.9 Å². The summed E-state index contributed by atoms with van der Waals surface area (Å²) in [7, 11) is 0. The number of benzene rings is 1. The monoisotopic (exact) mass is 309 g/mol. The molecule has 2 rings (SSSR count). The highest BCUT2D eigenvalue weighted by molar-refractivity contribution is 9.10. The molecule has 0 radical (unpaired) electrons. The Morgan fingerprint density at radius 2 is 2.22 bits per heavy atom. The highest BCUT2D eigenvalue weighted by atomic mass is 79.9. The fourth-order valence-electron chi connectivity index (χ4n) is 1.87. The Balaban J connectivity index is 2.65. The van der Waals surface area contributed by atoms with Crippen molar-refractivity contribution in [3.8, 4) is 0 Å². The predicted octanol–water partition coefficient (Wildman–Crippen LogP) is 4.45. The number of fused-ring (bicyclic) bond motifs is 1. The Kier molecular flexibility index (Phi) is 3.66. The van der Waals surface area contributed by atoms with Gasteiger partial charge in [0, 0.05) is 17.1 Å². The summed E-state index contributed by atoms with van der Waals surface area (Å²) in [5.74, 6) is 0.274. The molecular formula is C14H13BrFNO. The summed E-state index contributed by atoms with van der Waals surface area (Å²) in [5.41, 5.74) is 2.45. The average Bonchev–Trinajstić information content (AvgIpc) is 2.34. The maximum atomic E-state index is 13.4. The lowest BCUT2D eigenvalue weighted by molar-refractivity contribution is 0.299. The molecule has 2 nitrogen and oxygen atoms in total. The molecule has 1 aromatic heterocycles. The number of halogens is 2. The fourth-order valence-corrected chi connectivity index (χ4v) is 2.32. The summed E-state index contributed by atoms with van der Waals surface area (Å²) in [6.45, 7) is 8.29. The smallest absolute Gasteiger partial charge is 0.139 e. The molecule has 0 N–H and O–H groups in total. The minimum Gasteiger partial charge on any atom is -0.494 e. The molecule has 94 valence electrons. The van der Waals surface area contributed by atoms with Crippen molar-refractivity contribution in [1.82, 2.24) is 4.98 Å². The third kappa shape index (κ3) is 2.12. The Morgan fingerprint density at radius 1 is 1.50 bits per heavy atom. The van der Waals surface area contributed by atoms with Crippen LogP contribution in [0.25, 0.3) is 16.7 Å². The van der Waals surface area contributed by atoms with Crippen LogP contribution in [-0.2, 0) is 4.74 Å². The van der Waals surface area contributed by atoms with Crippen molar-refractivity contribution in [2.24, 2.45) is 0 Å². The average molecular weight is 310 g/mol. The first-order chi connectivity index (χ1) is 8.56. The topological polar surface area (TPSA) is 22.1 Å². The summed E-state index contributed by atoms with van der Waals surface area (Å²) < 4.78 is 19.2. The number of aromatic nitrogens is 1. The van der Waals surface area contributed by atoms with Gasteiger partial charge in [-0.15, -0.1) is 0 Å². The van der Waals surface area contributed by atoms with Crippen LogP contribution in [-0.4, -0.2) is 11.6 Å². The third-order valence-electron chi connectivity index (χ3n) is 2.82. The van der Waals surface area contributed by atoms with Crippen molar-refractivity contribution < 1.29 is 9.13 Å². The van der Waals surface area contributed by atoms with Crippen LogP contribution < -0.4 is 0 Å². The van der Waals surface area contributed by atoms with E-state index in [2.05, 4.69) is 27.5 Å². The number of hydrogen-bond acceptors (Lipinski definition) is 2. The van der Waals surface area contributed by atoms with E-state index in [4.69, 9.17) is 4.74 Å². The van der Waals surface area contributed by atoms with Crippen molar-refractivity contribution >= 4 is 32.6 Å². The van der Waals surface area contributed by atoms with E-state index in [1.165, 1.54) is 6.07 Å². The summed E-state index contributed by atoms with van der Waals surface area (Å²) >= 11 is 3.22. The van der Waals surface area contributed by atoms with Crippen LogP contribution in [0.2, 0.25) is 0 Å². The van der Waals surface area contributed by atoms with E-state index >= 15 is 0 Å². The van der Waals surface area contributed by atoms with Crippen molar-refractivity contribution in [3.05, 3.63) is 46.3 Å². The SMILES string of the molecule is C=C(OCC)c1cnc2c(Br)c(F)ccc2c1C. The van der Waals surface area contributed by atoms with Gasteiger partial charge in [0.2, 0.25) is 0 Å². The Bertz CT molecular complexity index is 625. The van der Waals surface area contributed by atoms with Crippen molar-refractivity contribution in [2.45, 2.75) is 13.8 Å². The molecule has 0 atom stereocenters. The fraction of sp³-hybridized carbons (Fsp3) is 0.214. The second kappa shape index (κ2) is 5.06. The number of rotatable bonds is 3. The van der Waals surface area contributed by atoms with Crippen LogP contribution in [0.3, 0.4) is 0 Å². The predicted molar refractivity (Wildman–Crippen MR) is 74.8 cm³/mol. The molecule has 0 spiro atoms. The molecule has 0 aliphatic heterocycles. The Hall–Kier alpha value is -1.42. The molecular weight excluding hydrogens is 297 g/mol. The van der Waals surface area contributed by atoms with Gasteiger partial charge in [0.15, 0.2) is 0 Å². The van der Waals surface area contributed by atoms with Crippen molar-refractivity contribution in [1.29, 1.82) is 0 Å². The first-order valence-electron chi connectivity index (χ1n) is 5.61. The second-order valence-corrected chi connectivity index (χ2v) is 4.70. The molecule has 0 fully saturated rings. The number of aryl methyl sites for hydroxylation is 1. The highest BCUT2D eigenvalue weighted by Crippen LogP contribution is 2.30. The van der Waals surface area contributed by atoms with Gasteiger partial charge in [-0.05, 0) is 47.5 Å². The summed E-state index contributed by atoms with van der Waals surface area (Å²) in [6.07, 6.45) is 1.67. The van der Waals surface area contributed by atoms with E-state index in [0.29, 0.717) is 22.4 Å². The third-order valence-corrected chi connectivity index (χ3v) is 3.57. The molecule has 2 aromatic rings. The maximum Gasteiger partial charge on any atom is 0.139 e. The molecule has 1 heterocycles. The molecule has 0 amide bonds. The number of ether oxygens (including phenoxy) is 1. The van der Waals surface area contributed by atoms with Crippen LogP contribution in [0.15, 0.2) is 29.4 Å². The maximum absolute atomic E-state index is 13.4. The zero-order valence-electron chi connectivity index (χ0n) is 10.3. The van der Waals surface area contributed by atoms with Crippen molar-refractivity contribution in [3.63, 3.8) is 0 Å².